The van der Waals surface area contributed by atoms with Crippen molar-refractivity contribution in [3.05, 3.63) is 164 Å². The second kappa shape index (κ2) is 11.6. The number of benzene rings is 6. The van der Waals surface area contributed by atoms with E-state index in [0.29, 0.717) is 17.5 Å². The van der Waals surface area contributed by atoms with Gasteiger partial charge in [0.15, 0.2) is 17.5 Å². The van der Waals surface area contributed by atoms with Crippen LogP contribution in [0.1, 0.15) is 0 Å². The maximum absolute atomic E-state index is 4.99. The summed E-state index contributed by atoms with van der Waals surface area (Å²) in [5.74, 6) is 1.95. The zero-order valence-electron chi connectivity index (χ0n) is 25.8. The van der Waals surface area contributed by atoms with Gasteiger partial charge in [-0.25, -0.2) is 15.0 Å². The van der Waals surface area contributed by atoms with Gasteiger partial charge in [0.2, 0.25) is 0 Å². The van der Waals surface area contributed by atoms with Crippen LogP contribution in [0.2, 0.25) is 0 Å². The van der Waals surface area contributed by atoms with Crippen molar-refractivity contribution >= 4 is 32.3 Å². The van der Waals surface area contributed by atoms with E-state index in [-0.39, 0.29) is 0 Å². The molecular weight excluding hydrogens is 587 g/mol. The van der Waals surface area contributed by atoms with E-state index in [1.165, 1.54) is 26.9 Å². The number of nitrogens with zero attached hydrogens (tertiary/aromatic N) is 5. The van der Waals surface area contributed by atoms with E-state index >= 15 is 0 Å². The van der Waals surface area contributed by atoms with Crippen LogP contribution in [0.4, 0.5) is 0 Å². The third-order valence-electron chi connectivity index (χ3n) is 8.85. The van der Waals surface area contributed by atoms with Crippen LogP contribution in [0.15, 0.2) is 164 Å². The van der Waals surface area contributed by atoms with Gasteiger partial charge >= 0.3 is 0 Å². The second-order valence-corrected chi connectivity index (χ2v) is 11.8. The lowest BCUT2D eigenvalue weighted by Crippen LogP contribution is -2.00. The van der Waals surface area contributed by atoms with Crippen LogP contribution < -0.4 is 0 Å². The molecule has 0 spiro atoms. The molecule has 0 radical (unpaired) electrons. The minimum Gasteiger partial charge on any atom is -0.264 e. The Morgan fingerprint density at radius 3 is 1.38 bits per heavy atom. The molecule has 0 atom stereocenters. The minimum atomic E-state index is 0.645. The first kappa shape index (κ1) is 27.7. The van der Waals surface area contributed by atoms with Gasteiger partial charge in [-0.15, -0.1) is 0 Å². The molecule has 0 aliphatic heterocycles. The quantitative estimate of drug-likeness (QED) is 0.181. The summed E-state index contributed by atoms with van der Waals surface area (Å²) in [4.78, 5) is 23.8. The normalized spacial score (nSPS) is 11.3. The molecule has 0 N–H and O–H groups in total. The van der Waals surface area contributed by atoms with Crippen molar-refractivity contribution in [1.82, 2.24) is 24.9 Å². The summed E-state index contributed by atoms with van der Waals surface area (Å²) in [7, 11) is 0. The van der Waals surface area contributed by atoms with Crippen LogP contribution in [0.25, 0.3) is 88.9 Å². The maximum Gasteiger partial charge on any atom is 0.164 e. The predicted octanol–water partition coefficient (Wildman–Crippen LogP) is 10.5. The lowest BCUT2D eigenvalue weighted by atomic mass is 9.91. The van der Waals surface area contributed by atoms with Gasteiger partial charge in [-0.1, -0.05) is 115 Å². The van der Waals surface area contributed by atoms with Gasteiger partial charge in [-0.2, -0.15) is 0 Å². The SMILES string of the molecule is c1ccc(-c2nc(-c3ccccc3)nc(-c3ccc4c5ccc(-c6ccc(-c7cccnc7)nc6)cc5c5ccccc5c4c3)n2)cc1. The van der Waals surface area contributed by atoms with E-state index in [1.54, 1.807) is 6.20 Å². The first-order chi connectivity index (χ1) is 23.8. The molecule has 6 aromatic carbocycles. The standard InChI is InChI=1S/C43H27N5/c1-3-10-28(11-4-1)41-46-42(29-12-5-2-6-13-29)48-43(47-41)31-18-21-37-36-20-17-30(24-38(36)34-15-7-8-16-35(34)39(37)25-31)32-19-22-40(45-27-32)33-14-9-23-44-26-33/h1-27H. The molecule has 3 aromatic heterocycles. The molecule has 3 heterocycles. The average molecular weight is 614 g/mol. The highest BCUT2D eigenvalue weighted by atomic mass is 15.0. The lowest BCUT2D eigenvalue weighted by Gasteiger charge is -2.14. The van der Waals surface area contributed by atoms with Crippen molar-refractivity contribution in [3.8, 4) is 56.5 Å². The van der Waals surface area contributed by atoms with E-state index in [9.17, 15) is 0 Å². The summed E-state index contributed by atoms with van der Waals surface area (Å²) in [6.45, 7) is 0. The summed E-state index contributed by atoms with van der Waals surface area (Å²) in [5, 5.41) is 7.13. The Balaban J connectivity index is 1.19. The van der Waals surface area contributed by atoms with Gasteiger partial charge in [0.05, 0.1) is 5.69 Å². The van der Waals surface area contributed by atoms with E-state index < -0.39 is 0 Å². The van der Waals surface area contributed by atoms with Crippen LogP contribution >= 0.6 is 0 Å². The van der Waals surface area contributed by atoms with Crippen LogP contribution in [-0.2, 0) is 0 Å². The second-order valence-electron chi connectivity index (χ2n) is 11.8. The predicted molar refractivity (Wildman–Crippen MR) is 195 cm³/mol. The third-order valence-corrected chi connectivity index (χ3v) is 8.85. The van der Waals surface area contributed by atoms with Gasteiger partial charge in [0, 0.05) is 46.4 Å². The van der Waals surface area contributed by atoms with Crippen LogP contribution in [-0.4, -0.2) is 24.9 Å². The molecule has 0 amide bonds. The Morgan fingerprint density at radius 2 is 0.812 bits per heavy atom. The maximum atomic E-state index is 4.99. The van der Waals surface area contributed by atoms with Crippen LogP contribution in [0.3, 0.4) is 0 Å². The van der Waals surface area contributed by atoms with Crippen molar-refractivity contribution in [2.75, 3.05) is 0 Å². The molecule has 0 saturated heterocycles. The molecule has 9 aromatic rings. The van der Waals surface area contributed by atoms with Gasteiger partial charge in [0.25, 0.3) is 0 Å². The van der Waals surface area contributed by atoms with Crippen LogP contribution in [0.5, 0.6) is 0 Å². The van der Waals surface area contributed by atoms with Gasteiger partial charge < -0.3 is 0 Å². The lowest BCUT2D eigenvalue weighted by molar-refractivity contribution is 1.07. The molecule has 0 unspecified atom stereocenters. The van der Waals surface area contributed by atoms with Crippen molar-refractivity contribution in [2.45, 2.75) is 0 Å². The van der Waals surface area contributed by atoms with E-state index in [0.717, 1.165) is 44.5 Å². The summed E-state index contributed by atoms with van der Waals surface area (Å²) in [6.07, 6.45) is 5.56. The summed E-state index contributed by atoms with van der Waals surface area (Å²) in [6, 6.07) is 50.2. The molecule has 9 rings (SSSR count). The topological polar surface area (TPSA) is 64.5 Å². The fourth-order valence-electron chi connectivity index (χ4n) is 6.46. The molecule has 224 valence electrons. The number of pyridine rings is 2. The molecule has 48 heavy (non-hydrogen) atoms. The molecule has 0 bridgehead atoms. The summed E-state index contributed by atoms with van der Waals surface area (Å²) >= 11 is 0. The summed E-state index contributed by atoms with van der Waals surface area (Å²) < 4.78 is 0. The van der Waals surface area contributed by atoms with Crippen molar-refractivity contribution in [3.63, 3.8) is 0 Å². The number of hydrogen-bond donors (Lipinski definition) is 0. The number of fused-ring (bicyclic) bond motifs is 6. The monoisotopic (exact) mass is 613 g/mol. The molecule has 0 aliphatic carbocycles. The van der Waals surface area contributed by atoms with Gasteiger partial charge in [-0.3, -0.25) is 9.97 Å². The number of rotatable bonds is 5. The Morgan fingerprint density at radius 1 is 0.312 bits per heavy atom. The van der Waals surface area contributed by atoms with E-state index in [1.807, 2.05) is 85.2 Å². The summed E-state index contributed by atoms with van der Waals surface area (Å²) in [5.41, 5.74) is 6.96. The fourth-order valence-corrected chi connectivity index (χ4v) is 6.46. The molecule has 5 nitrogen and oxygen atoms in total. The highest BCUT2D eigenvalue weighted by Crippen LogP contribution is 2.39. The van der Waals surface area contributed by atoms with Crippen molar-refractivity contribution in [2.24, 2.45) is 0 Å². The van der Waals surface area contributed by atoms with Gasteiger partial charge in [-0.05, 0) is 68.2 Å². The largest absolute Gasteiger partial charge is 0.264 e. The van der Waals surface area contributed by atoms with Crippen molar-refractivity contribution in [1.29, 1.82) is 0 Å². The van der Waals surface area contributed by atoms with Crippen LogP contribution in [0, 0.1) is 0 Å². The van der Waals surface area contributed by atoms with E-state index in [2.05, 4.69) is 77.8 Å². The smallest absolute Gasteiger partial charge is 0.164 e. The zero-order chi connectivity index (χ0) is 31.9. The number of aromatic nitrogens is 5. The first-order valence-corrected chi connectivity index (χ1v) is 15.9. The number of hydrogen-bond acceptors (Lipinski definition) is 5. The highest BCUT2D eigenvalue weighted by Gasteiger charge is 2.15. The Kier molecular flexibility index (Phi) is 6.72. The molecule has 0 saturated carbocycles. The minimum absolute atomic E-state index is 0.645. The first-order valence-electron chi connectivity index (χ1n) is 15.9. The molecule has 5 heteroatoms. The molecular formula is C43H27N5. The Bertz CT molecular complexity index is 2510. The third kappa shape index (κ3) is 4.95. The zero-order valence-corrected chi connectivity index (χ0v) is 25.8. The Hall–Kier alpha value is -6.59. The average Bonchev–Trinajstić information content (AvgIpc) is 3.18. The molecule has 0 aliphatic rings. The highest BCUT2D eigenvalue weighted by molar-refractivity contribution is 6.26. The molecule has 0 fully saturated rings. The fraction of sp³-hybridized carbons (Fsp3) is 0. The Labute approximate surface area is 277 Å². The van der Waals surface area contributed by atoms with E-state index in [4.69, 9.17) is 19.9 Å². The van der Waals surface area contributed by atoms with Gasteiger partial charge in [0.1, 0.15) is 0 Å². The van der Waals surface area contributed by atoms with Crippen molar-refractivity contribution < 1.29 is 0 Å².